The first-order valence-corrected chi connectivity index (χ1v) is 6.01. The van der Waals surface area contributed by atoms with Crippen molar-refractivity contribution >= 4 is 0 Å². The highest BCUT2D eigenvalue weighted by Crippen LogP contribution is 2.39. The van der Waals surface area contributed by atoms with E-state index in [9.17, 15) is 5.11 Å². The second kappa shape index (κ2) is 5.13. The third-order valence-electron chi connectivity index (χ3n) is 3.51. The zero-order valence-corrected chi connectivity index (χ0v) is 10.2. The molecule has 2 heteroatoms. The van der Waals surface area contributed by atoms with Crippen molar-refractivity contribution < 1.29 is 5.11 Å². The summed E-state index contributed by atoms with van der Waals surface area (Å²) in [6.45, 7) is 9.92. The molecule has 0 aliphatic heterocycles. The highest BCUT2D eigenvalue weighted by Gasteiger charge is 2.35. The Bertz CT molecular complexity index is 201. The molecular formula is C13H25NO. The normalized spacial score (nSPS) is 23.7. The summed E-state index contributed by atoms with van der Waals surface area (Å²) in [4.78, 5) is 0. The molecule has 0 aromatic carbocycles. The number of aliphatic hydroxyl groups is 1. The summed E-state index contributed by atoms with van der Waals surface area (Å²) in [5.74, 6) is 0. The molecule has 0 unspecified atom stereocenters. The second-order valence-corrected chi connectivity index (χ2v) is 5.64. The lowest BCUT2D eigenvalue weighted by molar-refractivity contribution is -0.0240. The van der Waals surface area contributed by atoms with Crippen LogP contribution < -0.4 is 5.32 Å². The topological polar surface area (TPSA) is 32.3 Å². The lowest BCUT2D eigenvalue weighted by atomic mass is 9.71. The summed E-state index contributed by atoms with van der Waals surface area (Å²) >= 11 is 0. The van der Waals surface area contributed by atoms with E-state index in [1.165, 1.54) is 0 Å². The fourth-order valence-corrected chi connectivity index (χ4v) is 2.09. The van der Waals surface area contributed by atoms with Crippen molar-refractivity contribution in [1.82, 2.24) is 5.32 Å². The van der Waals surface area contributed by atoms with Crippen LogP contribution in [-0.2, 0) is 0 Å². The van der Waals surface area contributed by atoms with Crippen LogP contribution in [0.2, 0.25) is 0 Å². The van der Waals surface area contributed by atoms with E-state index in [-0.39, 0.29) is 0 Å². The smallest absolute Gasteiger partial charge is 0.0772 e. The van der Waals surface area contributed by atoms with Crippen LogP contribution in [0.1, 0.15) is 46.0 Å². The van der Waals surface area contributed by atoms with Gasteiger partial charge in [-0.05, 0) is 44.1 Å². The van der Waals surface area contributed by atoms with E-state index in [1.54, 1.807) is 0 Å². The van der Waals surface area contributed by atoms with Gasteiger partial charge in [-0.15, -0.1) is 6.58 Å². The van der Waals surface area contributed by atoms with Gasteiger partial charge in [-0.3, -0.25) is 0 Å². The van der Waals surface area contributed by atoms with E-state index in [0.717, 1.165) is 45.2 Å². The molecule has 0 saturated heterocycles. The Kier molecular flexibility index (Phi) is 4.35. The summed E-state index contributed by atoms with van der Waals surface area (Å²) in [5.41, 5.74) is -0.0377. The highest BCUT2D eigenvalue weighted by molar-refractivity contribution is 4.90. The molecule has 2 nitrogen and oxygen atoms in total. The van der Waals surface area contributed by atoms with Crippen molar-refractivity contribution in [2.24, 2.45) is 5.41 Å². The van der Waals surface area contributed by atoms with Crippen molar-refractivity contribution in [1.29, 1.82) is 0 Å². The summed E-state index contributed by atoms with van der Waals surface area (Å²) < 4.78 is 0. The van der Waals surface area contributed by atoms with Gasteiger partial charge < -0.3 is 10.4 Å². The molecule has 1 saturated carbocycles. The minimum Gasteiger partial charge on any atom is -0.389 e. The number of hydrogen-bond acceptors (Lipinski definition) is 2. The lowest BCUT2D eigenvalue weighted by Gasteiger charge is -2.40. The lowest BCUT2D eigenvalue weighted by Crippen LogP contribution is -2.45. The molecular weight excluding hydrogens is 186 g/mol. The van der Waals surface area contributed by atoms with Gasteiger partial charge in [-0.2, -0.15) is 0 Å². The molecule has 0 bridgehead atoms. The van der Waals surface area contributed by atoms with Crippen LogP contribution in [0.3, 0.4) is 0 Å². The second-order valence-electron chi connectivity index (χ2n) is 5.64. The van der Waals surface area contributed by atoms with Gasteiger partial charge in [0.2, 0.25) is 0 Å². The third-order valence-corrected chi connectivity index (χ3v) is 3.51. The van der Waals surface area contributed by atoms with E-state index < -0.39 is 5.60 Å². The molecule has 1 fully saturated rings. The van der Waals surface area contributed by atoms with Gasteiger partial charge >= 0.3 is 0 Å². The Morgan fingerprint density at radius 3 is 2.40 bits per heavy atom. The summed E-state index contributed by atoms with van der Waals surface area (Å²) in [7, 11) is 0. The quantitative estimate of drug-likeness (QED) is 0.541. The largest absolute Gasteiger partial charge is 0.389 e. The molecule has 0 amide bonds. The molecule has 1 aliphatic carbocycles. The van der Waals surface area contributed by atoms with Gasteiger partial charge in [0.15, 0.2) is 0 Å². The SMILES string of the molecule is C=CCCNCC1(O)CCC(C)(C)CC1. The van der Waals surface area contributed by atoms with Gasteiger partial charge in [0.25, 0.3) is 0 Å². The molecule has 1 rings (SSSR count). The van der Waals surface area contributed by atoms with Crippen molar-refractivity contribution in [2.75, 3.05) is 13.1 Å². The maximum Gasteiger partial charge on any atom is 0.0772 e. The number of hydrogen-bond donors (Lipinski definition) is 2. The number of rotatable bonds is 5. The molecule has 0 spiro atoms. The fourth-order valence-electron chi connectivity index (χ4n) is 2.09. The van der Waals surface area contributed by atoms with Crippen LogP contribution in [0.4, 0.5) is 0 Å². The van der Waals surface area contributed by atoms with E-state index in [4.69, 9.17) is 0 Å². The molecule has 0 atom stereocenters. The van der Waals surface area contributed by atoms with Crippen LogP contribution in [0.5, 0.6) is 0 Å². The van der Waals surface area contributed by atoms with Gasteiger partial charge in [-0.1, -0.05) is 19.9 Å². The van der Waals surface area contributed by atoms with Crippen molar-refractivity contribution in [2.45, 2.75) is 51.6 Å². The van der Waals surface area contributed by atoms with E-state index in [0.29, 0.717) is 5.41 Å². The molecule has 0 aromatic rings. The van der Waals surface area contributed by atoms with Crippen LogP contribution >= 0.6 is 0 Å². The monoisotopic (exact) mass is 211 g/mol. The molecule has 2 N–H and O–H groups in total. The minimum absolute atomic E-state index is 0.424. The summed E-state index contributed by atoms with van der Waals surface area (Å²) in [6.07, 6.45) is 7.00. The van der Waals surface area contributed by atoms with E-state index in [2.05, 4.69) is 25.7 Å². The van der Waals surface area contributed by atoms with Crippen LogP contribution in [-0.4, -0.2) is 23.8 Å². The third kappa shape index (κ3) is 4.35. The Hall–Kier alpha value is -0.340. The maximum absolute atomic E-state index is 10.3. The van der Waals surface area contributed by atoms with E-state index >= 15 is 0 Å². The number of nitrogens with one attached hydrogen (secondary N) is 1. The molecule has 1 aliphatic rings. The summed E-state index contributed by atoms with van der Waals surface area (Å²) in [5, 5.41) is 13.6. The fraction of sp³-hybridized carbons (Fsp3) is 0.846. The van der Waals surface area contributed by atoms with Crippen LogP contribution in [0.15, 0.2) is 12.7 Å². The molecule has 88 valence electrons. The van der Waals surface area contributed by atoms with Gasteiger partial charge in [0.05, 0.1) is 5.60 Å². The van der Waals surface area contributed by atoms with Crippen LogP contribution in [0, 0.1) is 5.41 Å². The van der Waals surface area contributed by atoms with Crippen molar-refractivity contribution in [3.63, 3.8) is 0 Å². The highest BCUT2D eigenvalue weighted by atomic mass is 16.3. The van der Waals surface area contributed by atoms with Gasteiger partial charge in [0.1, 0.15) is 0 Å². The summed E-state index contributed by atoms with van der Waals surface area (Å²) in [6, 6.07) is 0. The molecule has 15 heavy (non-hydrogen) atoms. The average molecular weight is 211 g/mol. The molecule has 0 radical (unpaired) electrons. The first kappa shape index (κ1) is 12.7. The first-order chi connectivity index (χ1) is 6.97. The first-order valence-electron chi connectivity index (χ1n) is 6.01. The standard InChI is InChI=1S/C13H25NO/c1-4-5-10-14-11-13(15)8-6-12(2,3)7-9-13/h4,14-15H,1,5-11H2,2-3H3. The maximum atomic E-state index is 10.3. The molecule has 0 aromatic heterocycles. The zero-order valence-electron chi connectivity index (χ0n) is 10.2. The molecule has 0 heterocycles. The predicted molar refractivity (Wildman–Crippen MR) is 64.9 cm³/mol. The van der Waals surface area contributed by atoms with Crippen molar-refractivity contribution in [3.8, 4) is 0 Å². The minimum atomic E-state index is -0.462. The average Bonchev–Trinajstić information content (AvgIpc) is 2.19. The Morgan fingerprint density at radius 1 is 1.27 bits per heavy atom. The van der Waals surface area contributed by atoms with Crippen LogP contribution in [0.25, 0.3) is 0 Å². The van der Waals surface area contributed by atoms with Gasteiger partial charge in [-0.25, -0.2) is 0 Å². The predicted octanol–water partition coefficient (Wildman–Crippen LogP) is 2.48. The Balaban J connectivity index is 2.25. The van der Waals surface area contributed by atoms with Gasteiger partial charge in [0, 0.05) is 6.54 Å². The van der Waals surface area contributed by atoms with Crippen molar-refractivity contribution in [3.05, 3.63) is 12.7 Å². The Morgan fingerprint density at radius 2 is 1.87 bits per heavy atom. The Labute approximate surface area is 93.8 Å². The van der Waals surface area contributed by atoms with E-state index in [1.807, 2.05) is 6.08 Å². The zero-order chi connectivity index (χ0) is 11.4.